The molecule has 0 radical (unpaired) electrons. The van der Waals surface area contributed by atoms with Crippen LogP contribution in [0.4, 0.5) is 11.4 Å². The number of H-pyrrole nitrogens is 1. The molecule has 132 valence electrons. The molecule has 7 heteroatoms. The van der Waals surface area contributed by atoms with E-state index in [1.54, 1.807) is 6.07 Å². The van der Waals surface area contributed by atoms with Gasteiger partial charge in [0.05, 0.1) is 10.2 Å². The molecule has 6 nitrogen and oxygen atoms in total. The Balaban J connectivity index is 1.77. The quantitative estimate of drug-likeness (QED) is 0.697. The van der Waals surface area contributed by atoms with Gasteiger partial charge in [-0.2, -0.15) is 5.10 Å². The van der Waals surface area contributed by atoms with Crippen LogP contribution in [0.2, 0.25) is 0 Å². The van der Waals surface area contributed by atoms with E-state index in [4.69, 9.17) is 0 Å². The average Bonchev–Trinajstić information content (AvgIpc) is 3.33. The standard InChI is InChI=1S/C18H21BrN4O2/c1-9(2)15-14(19)16(23-22-15)18(25)21-13-8-12(7-4-10(13)3)20-17(24)11-5-6-11/h4,7-9,11H,5-6H2,1-3H3,(H,20,24)(H,21,25)(H,22,23). The molecule has 1 saturated carbocycles. The molecular weight excluding hydrogens is 384 g/mol. The average molecular weight is 405 g/mol. The van der Waals surface area contributed by atoms with Gasteiger partial charge in [0.2, 0.25) is 5.91 Å². The molecule has 1 heterocycles. The van der Waals surface area contributed by atoms with Gasteiger partial charge in [-0.3, -0.25) is 14.7 Å². The van der Waals surface area contributed by atoms with Crippen molar-refractivity contribution in [3.63, 3.8) is 0 Å². The van der Waals surface area contributed by atoms with Gasteiger partial charge < -0.3 is 10.6 Å². The Kier molecular flexibility index (Phi) is 4.94. The number of aromatic amines is 1. The van der Waals surface area contributed by atoms with Crippen LogP contribution in [-0.2, 0) is 4.79 Å². The van der Waals surface area contributed by atoms with Gasteiger partial charge in [-0.1, -0.05) is 19.9 Å². The van der Waals surface area contributed by atoms with Crippen LogP contribution in [0, 0.1) is 12.8 Å². The first-order valence-corrected chi connectivity index (χ1v) is 9.12. The Hall–Kier alpha value is -2.15. The Labute approximate surface area is 154 Å². The number of carbonyl (C=O) groups is 2. The fourth-order valence-electron chi connectivity index (χ4n) is 2.48. The maximum atomic E-state index is 12.6. The highest BCUT2D eigenvalue weighted by Gasteiger charge is 2.29. The van der Waals surface area contributed by atoms with Gasteiger partial charge in [-0.15, -0.1) is 0 Å². The Morgan fingerprint density at radius 2 is 2.00 bits per heavy atom. The SMILES string of the molecule is Cc1ccc(NC(=O)C2CC2)cc1NC(=O)c1n[nH]c(C(C)C)c1Br. The first kappa shape index (κ1) is 17.7. The van der Waals surface area contributed by atoms with E-state index in [0.29, 0.717) is 21.5 Å². The predicted molar refractivity (Wildman–Crippen MR) is 101 cm³/mol. The second kappa shape index (κ2) is 7.00. The minimum Gasteiger partial charge on any atom is -0.326 e. The van der Waals surface area contributed by atoms with Crippen molar-refractivity contribution < 1.29 is 9.59 Å². The van der Waals surface area contributed by atoms with Crippen molar-refractivity contribution in [1.82, 2.24) is 10.2 Å². The fraction of sp³-hybridized carbons (Fsp3) is 0.389. The molecule has 1 aliphatic carbocycles. The molecule has 0 aliphatic heterocycles. The number of halogens is 1. The van der Waals surface area contributed by atoms with Gasteiger partial charge in [-0.05, 0) is 59.3 Å². The largest absolute Gasteiger partial charge is 0.326 e. The second-order valence-corrected chi connectivity index (χ2v) is 7.49. The zero-order valence-electron chi connectivity index (χ0n) is 14.4. The molecule has 3 rings (SSSR count). The molecule has 0 bridgehead atoms. The molecule has 1 fully saturated rings. The number of rotatable bonds is 5. The summed E-state index contributed by atoms with van der Waals surface area (Å²) in [5, 5.41) is 12.8. The molecule has 25 heavy (non-hydrogen) atoms. The van der Waals surface area contributed by atoms with E-state index >= 15 is 0 Å². The lowest BCUT2D eigenvalue weighted by molar-refractivity contribution is -0.117. The maximum absolute atomic E-state index is 12.6. The van der Waals surface area contributed by atoms with Crippen LogP contribution in [0.5, 0.6) is 0 Å². The number of aromatic nitrogens is 2. The highest BCUT2D eigenvalue weighted by Crippen LogP contribution is 2.31. The van der Waals surface area contributed by atoms with E-state index in [9.17, 15) is 9.59 Å². The second-order valence-electron chi connectivity index (χ2n) is 6.70. The summed E-state index contributed by atoms with van der Waals surface area (Å²) in [5.41, 5.74) is 3.44. The summed E-state index contributed by atoms with van der Waals surface area (Å²) >= 11 is 3.44. The van der Waals surface area contributed by atoms with E-state index in [1.165, 1.54) is 0 Å². The summed E-state index contributed by atoms with van der Waals surface area (Å²) in [6.45, 7) is 5.95. The number of aryl methyl sites for hydroxylation is 1. The van der Waals surface area contributed by atoms with Crippen molar-refractivity contribution in [3.05, 3.63) is 39.6 Å². The Bertz CT molecular complexity index is 824. The van der Waals surface area contributed by atoms with Gasteiger partial charge in [0.15, 0.2) is 5.69 Å². The number of benzene rings is 1. The zero-order chi connectivity index (χ0) is 18.1. The summed E-state index contributed by atoms with van der Waals surface area (Å²) in [5.74, 6) is 0.0986. The third-order valence-electron chi connectivity index (χ3n) is 4.23. The first-order chi connectivity index (χ1) is 11.9. The summed E-state index contributed by atoms with van der Waals surface area (Å²) < 4.78 is 0.677. The van der Waals surface area contributed by atoms with E-state index < -0.39 is 0 Å². The number of hydrogen-bond donors (Lipinski definition) is 3. The van der Waals surface area contributed by atoms with Crippen molar-refractivity contribution in [3.8, 4) is 0 Å². The molecule has 0 saturated heterocycles. The summed E-state index contributed by atoms with van der Waals surface area (Å²) in [7, 11) is 0. The smallest absolute Gasteiger partial charge is 0.277 e. The lowest BCUT2D eigenvalue weighted by atomic mass is 10.1. The molecule has 1 aliphatic rings. The molecule has 3 N–H and O–H groups in total. The van der Waals surface area contributed by atoms with Crippen molar-refractivity contribution >= 4 is 39.1 Å². The van der Waals surface area contributed by atoms with Crippen LogP contribution >= 0.6 is 15.9 Å². The number of anilines is 2. The monoisotopic (exact) mass is 404 g/mol. The van der Waals surface area contributed by atoms with Crippen molar-refractivity contribution in [2.45, 2.75) is 39.5 Å². The third kappa shape index (κ3) is 3.92. The third-order valence-corrected chi connectivity index (χ3v) is 5.03. The van der Waals surface area contributed by atoms with Crippen LogP contribution in [0.15, 0.2) is 22.7 Å². The predicted octanol–water partition coefficient (Wildman–Crippen LogP) is 4.20. The lowest BCUT2D eigenvalue weighted by Crippen LogP contribution is -2.16. The number of nitrogens with zero attached hydrogens (tertiary/aromatic N) is 1. The molecule has 1 aromatic carbocycles. The van der Waals surface area contributed by atoms with Crippen molar-refractivity contribution in [2.75, 3.05) is 10.6 Å². The van der Waals surface area contributed by atoms with Gasteiger partial charge >= 0.3 is 0 Å². The molecule has 0 atom stereocenters. The summed E-state index contributed by atoms with van der Waals surface area (Å²) in [6, 6.07) is 5.49. The van der Waals surface area contributed by atoms with Gasteiger partial charge in [0.25, 0.3) is 5.91 Å². The maximum Gasteiger partial charge on any atom is 0.277 e. The summed E-state index contributed by atoms with van der Waals surface area (Å²) in [6.07, 6.45) is 1.90. The van der Waals surface area contributed by atoms with Crippen molar-refractivity contribution in [1.29, 1.82) is 0 Å². The van der Waals surface area contributed by atoms with Crippen LogP contribution in [0.25, 0.3) is 0 Å². The highest BCUT2D eigenvalue weighted by atomic mass is 79.9. The highest BCUT2D eigenvalue weighted by molar-refractivity contribution is 9.10. The van der Waals surface area contributed by atoms with Crippen LogP contribution < -0.4 is 10.6 Å². The van der Waals surface area contributed by atoms with Gasteiger partial charge in [0, 0.05) is 17.3 Å². The van der Waals surface area contributed by atoms with E-state index in [0.717, 1.165) is 24.1 Å². The fourth-order valence-corrected chi connectivity index (χ4v) is 3.30. The molecule has 0 unspecified atom stereocenters. The minimum atomic E-state index is -0.302. The van der Waals surface area contributed by atoms with E-state index in [-0.39, 0.29) is 23.7 Å². The number of amides is 2. The molecule has 2 aromatic rings. The first-order valence-electron chi connectivity index (χ1n) is 8.33. The molecular formula is C18H21BrN4O2. The Morgan fingerprint density at radius 3 is 2.60 bits per heavy atom. The molecule has 0 spiro atoms. The number of carbonyl (C=O) groups excluding carboxylic acids is 2. The number of hydrogen-bond acceptors (Lipinski definition) is 3. The normalized spacial score (nSPS) is 13.8. The summed E-state index contributed by atoms with van der Waals surface area (Å²) in [4.78, 5) is 24.5. The van der Waals surface area contributed by atoms with E-state index in [2.05, 4.69) is 36.8 Å². The molecule has 1 aromatic heterocycles. The van der Waals surface area contributed by atoms with Gasteiger partial charge in [0.1, 0.15) is 0 Å². The van der Waals surface area contributed by atoms with Crippen LogP contribution in [-0.4, -0.2) is 22.0 Å². The van der Waals surface area contributed by atoms with Crippen molar-refractivity contribution in [2.24, 2.45) is 5.92 Å². The van der Waals surface area contributed by atoms with Gasteiger partial charge in [-0.25, -0.2) is 0 Å². The minimum absolute atomic E-state index is 0.0396. The van der Waals surface area contributed by atoms with E-state index in [1.807, 2.05) is 32.9 Å². The zero-order valence-corrected chi connectivity index (χ0v) is 16.0. The topological polar surface area (TPSA) is 86.9 Å². The van der Waals surface area contributed by atoms with Crippen LogP contribution in [0.1, 0.15) is 54.4 Å². The Morgan fingerprint density at radius 1 is 1.28 bits per heavy atom. The lowest BCUT2D eigenvalue weighted by Gasteiger charge is -2.11. The number of nitrogens with one attached hydrogen (secondary N) is 3. The van der Waals surface area contributed by atoms with Crippen LogP contribution in [0.3, 0.4) is 0 Å². The molecule has 2 amide bonds.